The maximum Gasteiger partial charge on any atom is 0.490 e. The lowest BCUT2D eigenvalue weighted by atomic mass is 10.3. The third-order valence-corrected chi connectivity index (χ3v) is 2.97. The molecule has 5 nitrogen and oxygen atoms in total. The first-order chi connectivity index (χ1) is 6.71. The summed E-state index contributed by atoms with van der Waals surface area (Å²) in [7, 11) is -3.37. The van der Waals surface area contributed by atoms with E-state index in [1.165, 1.54) is 0 Å². The molecule has 0 amide bonds. The number of hydrogen-bond donors (Lipinski definition) is 2. The molecule has 0 aromatic heterocycles. The minimum Gasteiger partial charge on any atom is -0.455 e. The van der Waals surface area contributed by atoms with Crippen LogP contribution in [-0.2, 0) is 13.7 Å². The van der Waals surface area contributed by atoms with Crippen LogP contribution in [0.2, 0.25) is 0 Å². The average Bonchev–Trinajstić information content (AvgIpc) is 2.00. The zero-order valence-corrected chi connectivity index (χ0v) is 8.18. The maximum atomic E-state index is 11.8. The molecule has 0 radical (unpaired) electrons. The predicted octanol–water partition coefficient (Wildman–Crippen LogP) is 1.55. The lowest BCUT2D eigenvalue weighted by Crippen LogP contribution is -2.36. The van der Waals surface area contributed by atoms with E-state index in [0.717, 1.165) is 0 Å². The highest BCUT2D eigenvalue weighted by Crippen LogP contribution is 2.44. The number of carbonyl (C=O) groups excluding carboxylic acids is 1. The summed E-state index contributed by atoms with van der Waals surface area (Å²) in [6.45, 7) is -0.155. The van der Waals surface area contributed by atoms with Crippen molar-refractivity contribution < 1.29 is 36.0 Å². The van der Waals surface area contributed by atoms with Crippen LogP contribution in [0.5, 0.6) is 0 Å². The van der Waals surface area contributed by atoms with Gasteiger partial charge in [-0.3, -0.25) is 4.18 Å². The van der Waals surface area contributed by atoms with Gasteiger partial charge in [0, 0.05) is 6.42 Å². The number of hydrogen-bond acceptors (Lipinski definition) is 5. The van der Waals surface area contributed by atoms with Crippen LogP contribution in [0.3, 0.4) is 0 Å². The van der Waals surface area contributed by atoms with Crippen LogP contribution < -0.4 is 0 Å². The summed E-state index contributed by atoms with van der Waals surface area (Å²) < 4.78 is 61.9. The third-order valence-electron chi connectivity index (χ3n) is 1.62. The fraction of sp³-hybridized carbons (Fsp3) is 0.833. The second kappa shape index (κ2) is 4.16. The Hall–Kier alpha value is -0.510. The summed E-state index contributed by atoms with van der Waals surface area (Å²) in [5.41, 5.74) is 0. The van der Waals surface area contributed by atoms with E-state index >= 15 is 0 Å². The Labute approximate surface area is 84.7 Å². The molecule has 0 bridgehead atoms. The van der Waals surface area contributed by atoms with Crippen LogP contribution in [0.25, 0.3) is 0 Å². The van der Waals surface area contributed by atoms with Gasteiger partial charge in [-0.1, -0.05) is 0 Å². The Morgan fingerprint density at radius 2 is 2.07 bits per heavy atom. The normalized spacial score (nSPS) is 28.2. The van der Waals surface area contributed by atoms with E-state index in [0.29, 0.717) is 0 Å². The van der Waals surface area contributed by atoms with Gasteiger partial charge in [-0.25, -0.2) is 4.79 Å². The fourth-order valence-corrected chi connectivity index (χ4v) is 2.18. The van der Waals surface area contributed by atoms with Crippen molar-refractivity contribution in [3.05, 3.63) is 0 Å². The van der Waals surface area contributed by atoms with E-state index in [1.807, 2.05) is 0 Å². The number of rotatable bonds is 1. The highest BCUT2D eigenvalue weighted by atomic mass is 32.3. The van der Waals surface area contributed by atoms with Crippen molar-refractivity contribution in [3.8, 4) is 0 Å². The molecule has 0 aromatic rings. The topological polar surface area (TPSA) is 76.0 Å². The van der Waals surface area contributed by atoms with Crippen molar-refractivity contribution in [2.45, 2.75) is 18.7 Å². The van der Waals surface area contributed by atoms with E-state index < -0.39 is 34.9 Å². The number of esters is 1. The summed E-state index contributed by atoms with van der Waals surface area (Å²) in [6, 6.07) is 0. The van der Waals surface area contributed by atoms with E-state index in [9.17, 15) is 18.0 Å². The molecule has 15 heavy (non-hydrogen) atoms. The zero-order chi connectivity index (χ0) is 11.7. The monoisotopic (exact) mass is 250 g/mol. The van der Waals surface area contributed by atoms with Crippen molar-refractivity contribution in [1.29, 1.82) is 0 Å². The van der Waals surface area contributed by atoms with Gasteiger partial charge in [0.05, 0.1) is 23.2 Å². The summed E-state index contributed by atoms with van der Waals surface area (Å²) in [5.74, 6) is -2.85. The van der Waals surface area contributed by atoms with Gasteiger partial charge < -0.3 is 13.8 Å². The van der Waals surface area contributed by atoms with Crippen LogP contribution in [0.15, 0.2) is 0 Å². The lowest BCUT2D eigenvalue weighted by Gasteiger charge is -2.34. The molecule has 0 spiro atoms. The van der Waals surface area contributed by atoms with Gasteiger partial charge in [0.15, 0.2) is 0 Å². The SMILES string of the molecule is O=C(OC1CCOS(O)(O)C1)C(F)(F)F. The minimum absolute atomic E-state index is 0.0116. The smallest absolute Gasteiger partial charge is 0.455 e. The first-order valence-corrected chi connectivity index (χ1v) is 5.53. The molecule has 1 unspecified atom stereocenters. The largest absolute Gasteiger partial charge is 0.490 e. The lowest BCUT2D eigenvalue weighted by molar-refractivity contribution is -0.204. The molecule has 1 aliphatic heterocycles. The van der Waals surface area contributed by atoms with Crippen LogP contribution in [0, 0.1) is 0 Å². The molecule has 90 valence electrons. The summed E-state index contributed by atoms with van der Waals surface area (Å²) in [5, 5.41) is 0. The van der Waals surface area contributed by atoms with E-state index in [4.69, 9.17) is 9.11 Å². The molecule has 9 heteroatoms. The average molecular weight is 250 g/mol. The molecule has 1 fully saturated rings. The van der Waals surface area contributed by atoms with Gasteiger partial charge >= 0.3 is 12.1 Å². The Morgan fingerprint density at radius 3 is 2.53 bits per heavy atom. The van der Waals surface area contributed by atoms with Crippen molar-refractivity contribution >= 4 is 16.8 Å². The predicted molar refractivity (Wildman–Crippen MR) is 44.2 cm³/mol. The first-order valence-electron chi connectivity index (χ1n) is 3.89. The second-order valence-electron chi connectivity index (χ2n) is 2.91. The van der Waals surface area contributed by atoms with Crippen molar-refractivity contribution in [2.24, 2.45) is 0 Å². The number of alkyl halides is 3. The highest BCUT2D eigenvalue weighted by molar-refractivity contribution is 8.20. The van der Waals surface area contributed by atoms with Crippen molar-refractivity contribution in [3.63, 3.8) is 0 Å². The molecule has 1 aliphatic rings. The van der Waals surface area contributed by atoms with Gasteiger partial charge in [-0.05, 0) is 0 Å². The van der Waals surface area contributed by atoms with Gasteiger partial charge in [0.25, 0.3) is 0 Å². The van der Waals surface area contributed by atoms with Gasteiger partial charge in [0.1, 0.15) is 6.10 Å². The number of carbonyl (C=O) groups is 1. The maximum absolute atomic E-state index is 11.8. The van der Waals surface area contributed by atoms with Gasteiger partial charge in [-0.15, -0.1) is 0 Å². The molecule has 0 saturated carbocycles. The molecule has 0 aliphatic carbocycles. The Morgan fingerprint density at radius 1 is 1.47 bits per heavy atom. The summed E-state index contributed by atoms with van der Waals surface area (Å²) in [6.07, 6.45) is -6.23. The van der Waals surface area contributed by atoms with Crippen LogP contribution >= 0.6 is 10.9 Å². The number of halogens is 3. The van der Waals surface area contributed by atoms with Crippen LogP contribution in [0.4, 0.5) is 13.2 Å². The quantitative estimate of drug-likeness (QED) is 0.690. The van der Waals surface area contributed by atoms with Gasteiger partial charge in [-0.2, -0.15) is 13.2 Å². The standard InChI is InChI=1S/C6H9F3O5S/c7-6(8,9)5(10)14-4-1-2-13-15(11,12)3-4/h4,11-12H,1-3H2. The van der Waals surface area contributed by atoms with E-state index in [-0.39, 0.29) is 13.0 Å². The Kier molecular flexibility index (Phi) is 3.48. The number of ether oxygens (including phenoxy) is 1. The molecule has 1 atom stereocenters. The van der Waals surface area contributed by atoms with Crippen LogP contribution in [-0.4, -0.2) is 39.7 Å². The summed E-state index contributed by atoms with van der Waals surface area (Å²) in [4.78, 5) is 10.4. The summed E-state index contributed by atoms with van der Waals surface area (Å²) >= 11 is 0. The third kappa shape index (κ3) is 3.86. The molecule has 1 saturated heterocycles. The molecular weight excluding hydrogens is 241 g/mol. The molecule has 0 aromatic carbocycles. The second-order valence-corrected chi connectivity index (χ2v) is 4.69. The molecule has 1 rings (SSSR count). The zero-order valence-electron chi connectivity index (χ0n) is 7.36. The molecule has 2 N–H and O–H groups in total. The first kappa shape index (κ1) is 12.6. The van der Waals surface area contributed by atoms with E-state index in [2.05, 4.69) is 8.92 Å². The molecule has 1 heterocycles. The van der Waals surface area contributed by atoms with Crippen LogP contribution in [0.1, 0.15) is 6.42 Å². The Balaban J connectivity index is 2.49. The Bertz CT molecular complexity index is 254. The minimum atomic E-state index is -5.07. The van der Waals surface area contributed by atoms with Crippen molar-refractivity contribution in [1.82, 2.24) is 0 Å². The molecular formula is C6H9F3O5S. The van der Waals surface area contributed by atoms with Crippen molar-refractivity contribution in [2.75, 3.05) is 12.4 Å². The fourth-order valence-electron chi connectivity index (χ4n) is 0.998. The highest BCUT2D eigenvalue weighted by Gasteiger charge is 2.43. The van der Waals surface area contributed by atoms with Gasteiger partial charge in [0.2, 0.25) is 0 Å². The van der Waals surface area contributed by atoms with E-state index in [1.54, 1.807) is 0 Å².